The molecule has 2 amide bonds. The third kappa shape index (κ3) is 6.85. The van der Waals surface area contributed by atoms with Gasteiger partial charge < -0.3 is 30.5 Å². The summed E-state index contributed by atoms with van der Waals surface area (Å²) in [6.45, 7) is 2.97. The number of rotatable bonds is 8. The molecule has 0 radical (unpaired) electrons. The lowest BCUT2D eigenvalue weighted by molar-refractivity contribution is -0.114. The molecule has 1 saturated heterocycles. The Balaban J connectivity index is 1.41. The first-order chi connectivity index (χ1) is 15.3. The number of piperidine rings is 1. The van der Waals surface area contributed by atoms with Crippen LogP contribution in [0.2, 0.25) is 5.02 Å². The number of benzene rings is 2. The fourth-order valence-corrected chi connectivity index (χ4v) is 3.66. The molecule has 1 aliphatic rings. The van der Waals surface area contributed by atoms with Crippen molar-refractivity contribution in [1.29, 1.82) is 0 Å². The predicted octanol–water partition coefficient (Wildman–Crippen LogP) is 2.64. The lowest BCUT2D eigenvalue weighted by atomic mass is 10.0. The average molecular weight is 462 g/mol. The third-order valence-electron chi connectivity index (χ3n) is 5.22. The summed E-state index contributed by atoms with van der Waals surface area (Å²) in [4.78, 5) is 25.7. The minimum Gasteiger partial charge on any atom is -0.508 e. The molecule has 0 saturated carbocycles. The summed E-state index contributed by atoms with van der Waals surface area (Å²) >= 11 is 5.88. The van der Waals surface area contributed by atoms with Crippen molar-refractivity contribution in [2.45, 2.75) is 31.9 Å². The van der Waals surface area contributed by atoms with Gasteiger partial charge in [-0.3, -0.25) is 9.59 Å². The fourth-order valence-electron chi connectivity index (χ4n) is 3.53. The Morgan fingerprint density at radius 1 is 1.19 bits per heavy atom. The maximum absolute atomic E-state index is 12.6. The number of aromatic hydroxyl groups is 1. The molecule has 1 heterocycles. The molecule has 0 aliphatic carbocycles. The molecule has 0 unspecified atom stereocenters. The van der Waals surface area contributed by atoms with E-state index in [1.807, 2.05) is 4.90 Å². The van der Waals surface area contributed by atoms with Crippen LogP contribution in [0, 0.1) is 0 Å². The van der Waals surface area contributed by atoms with E-state index in [0.29, 0.717) is 35.9 Å². The van der Waals surface area contributed by atoms with E-state index in [1.54, 1.807) is 24.3 Å². The molecular formula is C23H28ClN3O5. The Morgan fingerprint density at radius 3 is 2.53 bits per heavy atom. The average Bonchev–Trinajstić information content (AvgIpc) is 2.78. The minimum atomic E-state index is -0.781. The normalized spacial score (nSPS) is 15.3. The highest BCUT2D eigenvalue weighted by Crippen LogP contribution is 2.29. The highest BCUT2D eigenvalue weighted by molar-refractivity contribution is 6.30. The Kier molecular flexibility index (Phi) is 8.33. The van der Waals surface area contributed by atoms with Crippen LogP contribution in [-0.2, 0) is 4.79 Å². The zero-order valence-electron chi connectivity index (χ0n) is 17.9. The van der Waals surface area contributed by atoms with Crippen molar-refractivity contribution in [3.05, 3.63) is 53.1 Å². The Hall–Kier alpha value is -2.81. The molecule has 4 N–H and O–H groups in total. The van der Waals surface area contributed by atoms with Crippen LogP contribution in [0.5, 0.6) is 11.5 Å². The minimum absolute atomic E-state index is 0.00150. The van der Waals surface area contributed by atoms with Gasteiger partial charge in [-0.2, -0.15) is 0 Å². The van der Waals surface area contributed by atoms with Gasteiger partial charge in [0.2, 0.25) is 5.91 Å². The number of anilines is 1. The zero-order chi connectivity index (χ0) is 23.1. The van der Waals surface area contributed by atoms with E-state index in [0.717, 1.165) is 12.8 Å². The third-order valence-corrected chi connectivity index (χ3v) is 5.47. The highest BCUT2D eigenvalue weighted by atomic mass is 35.5. The highest BCUT2D eigenvalue weighted by Gasteiger charge is 2.24. The van der Waals surface area contributed by atoms with E-state index < -0.39 is 6.10 Å². The van der Waals surface area contributed by atoms with Crippen LogP contribution in [0.1, 0.15) is 30.1 Å². The van der Waals surface area contributed by atoms with Crippen molar-refractivity contribution in [3.8, 4) is 11.5 Å². The number of aliphatic hydroxyl groups is 1. The van der Waals surface area contributed by atoms with Gasteiger partial charge in [0.05, 0.1) is 5.69 Å². The number of aliphatic hydroxyl groups excluding tert-OH is 1. The number of hydrogen-bond acceptors (Lipinski definition) is 6. The van der Waals surface area contributed by atoms with E-state index in [2.05, 4.69) is 10.6 Å². The molecule has 2 aromatic carbocycles. The number of hydrogen-bond donors (Lipinski definition) is 4. The number of ether oxygens (including phenoxy) is 1. The maximum Gasteiger partial charge on any atom is 0.253 e. The number of phenolic OH excluding ortho intramolecular Hbond substituents is 1. The number of nitrogens with zero attached hydrogens (tertiary/aromatic N) is 1. The van der Waals surface area contributed by atoms with Crippen molar-refractivity contribution in [2.75, 3.05) is 31.6 Å². The summed E-state index contributed by atoms with van der Waals surface area (Å²) in [5.74, 6) is 0.0215. The van der Waals surface area contributed by atoms with Gasteiger partial charge in [0, 0.05) is 49.3 Å². The number of nitrogens with one attached hydrogen (secondary N) is 2. The van der Waals surface area contributed by atoms with Crippen molar-refractivity contribution in [3.63, 3.8) is 0 Å². The second-order valence-electron chi connectivity index (χ2n) is 7.81. The lowest BCUT2D eigenvalue weighted by Crippen LogP contribution is -2.47. The van der Waals surface area contributed by atoms with Gasteiger partial charge in [0.1, 0.15) is 24.2 Å². The van der Waals surface area contributed by atoms with Gasteiger partial charge >= 0.3 is 0 Å². The van der Waals surface area contributed by atoms with Gasteiger partial charge in [-0.05, 0) is 49.2 Å². The number of halogens is 1. The summed E-state index contributed by atoms with van der Waals surface area (Å²) in [6, 6.07) is 11.4. The van der Waals surface area contributed by atoms with Crippen LogP contribution in [0.15, 0.2) is 42.5 Å². The maximum atomic E-state index is 12.6. The van der Waals surface area contributed by atoms with Crippen LogP contribution in [0.25, 0.3) is 0 Å². The standard InChI is InChI=1S/C23H28ClN3O5/c1-15(28)26-21-7-6-19(29)12-22(21)32-14-20(30)13-25-18-8-10-27(11-9-18)23(31)16-2-4-17(24)5-3-16/h2-7,12,18,20,25,29-30H,8-11,13-14H2,1H3,(H,26,28)/t20-/m0/s1. The Morgan fingerprint density at radius 2 is 1.88 bits per heavy atom. The van der Waals surface area contributed by atoms with Crippen molar-refractivity contribution >= 4 is 29.1 Å². The predicted molar refractivity (Wildman–Crippen MR) is 122 cm³/mol. The van der Waals surface area contributed by atoms with E-state index in [4.69, 9.17) is 16.3 Å². The SMILES string of the molecule is CC(=O)Nc1ccc(O)cc1OC[C@@H](O)CNC1CCN(C(=O)c2ccc(Cl)cc2)CC1. The second-order valence-corrected chi connectivity index (χ2v) is 8.24. The smallest absolute Gasteiger partial charge is 0.253 e. The number of amides is 2. The quantitative estimate of drug-likeness (QED) is 0.450. The first-order valence-corrected chi connectivity index (χ1v) is 10.9. The number of phenols is 1. The first kappa shape index (κ1) is 23.8. The number of carbonyl (C=O) groups is 2. The molecule has 0 aromatic heterocycles. The van der Waals surface area contributed by atoms with Gasteiger partial charge in [0.15, 0.2) is 0 Å². The molecule has 0 spiro atoms. The van der Waals surface area contributed by atoms with Gasteiger partial charge in [-0.25, -0.2) is 0 Å². The van der Waals surface area contributed by atoms with Crippen LogP contribution in [0.4, 0.5) is 5.69 Å². The Labute approximate surface area is 192 Å². The van der Waals surface area contributed by atoms with Crippen molar-refractivity contribution in [1.82, 2.24) is 10.2 Å². The van der Waals surface area contributed by atoms with Crippen LogP contribution >= 0.6 is 11.6 Å². The van der Waals surface area contributed by atoms with Gasteiger partial charge in [-0.1, -0.05) is 11.6 Å². The molecular weight excluding hydrogens is 434 g/mol. The van der Waals surface area contributed by atoms with E-state index in [-0.39, 0.29) is 36.0 Å². The van der Waals surface area contributed by atoms with E-state index in [9.17, 15) is 19.8 Å². The zero-order valence-corrected chi connectivity index (χ0v) is 18.6. The lowest BCUT2D eigenvalue weighted by Gasteiger charge is -2.33. The van der Waals surface area contributed by atoms with Crippen LogP contribution < -0.4 is 15.4 Å². The molecule has 32 heavy (non-hydrogen) atoms. The van der Waals surface area contributed by atoms with Gasteiger partial charge in [0.25, 0.3) is 5.91 Å². The van der Waals surface area contributed by atoms with Crippen molar-refractivity contribution < 1.29 is 24.5 Å². The topological polar surface area (TPSA) is 111 Å². The molecule has 3 rings (SSSR count). The molecule has 1 aliphatic heterocycles. The first-order valence-electron chi connectivity index (χ1n) is 10.5. The molecule has 172 valence electrons. The monoisotopic (exact) mass is 461 g/mol. The summed E-state index contributed by atoms with van der Waals surface area (Å²) in [6.07, 6.45) is 0.787. The molecule has 1 atom stereocenters. The van der Waals surface area contributed by atoms with Crippen molar-refractivity contribution in [2.24, 2.45) is 0 Å². The van der Waals surface area contributed by atoms with Gasteiger partial charge in [-0.15, -0.1) is 0 Å². The Bertz CT molecular complexity index is 930. The van der Waals surface area contributed by atoms with Crippen LogP contribution in [-0.4, -0.2) is 65.3 Å². The molecule has 2 aromatic rings. The van der Waals surface area contributed by atoms with Crippen LogP contribution in [0.3, 0.4) is 0 Å². The second kappa shape index (κ2) is 11.2. The van der Waals surface area contributed by atoms with E-state index >= 15 is 0 Å². The summed E-state index contributed by atoms with van der Waals surface area (Å²) in [7, 11) is 0. The summed E-state index contributed by atoms with van der Waals surface area (Å²) in [5, 5.41) is 26.5. The molecule has 8 nitrogen and oxygen atoms in total. The summed E-state index contributed by atoms with van der Waals surface area (Å²) < 4.78 is 5.60. The summed E-state index contributed by atoms with van der Waals surface area (Å²) in [5.41, 5.74) is 1.05. The number of carbonyl (C=O) groups excluding carboxylic acids is 2. The largest absolute Gasteiger partial charge is 0.508 e. The molecule has 0 bridgehead atoms. The number of likely N-dealkylation sites (tertiary alicyclic amines) is 1. The molecule has 1 fully saturated rings. The van der Waals surface area contributed by atoms with E-state index in [1.165, 1.54) is 25.1 Å². The fraction of sp³-hybridized carbons (Fsp3) is 0.391. The molecule has 9 heteroatoms.